The largest absolute Gasteiger partial charge is 0.321 e. The summed E-state index contributed by atoms with van der Waals surface area (Å²) in [5.41, 5.74) is 1.25. The molecule has 0 radical (unpaired) electrons. The second-order valence-electron chi connectivity index (χ2n) is 3.65. The number of hydrogen-bond acceptors (Lipinski definition) is 3. The molecule has 5 heteroatoms. The maximum absolute atomic E-state index is 5.79. The monoisotopic (exact) mass is 238 g/mol. The summed E-state index contributed by atoms with van der Waals surface area (Å²) in [5, 5.41) is 3.19. The molecule has 2 aliphatic rings. The molecule has 0 aromatic heterocycles. The quantitative estimate of drug-likeness (QED) is 0.654. The maximum atomic E-state index is 5.79. The lowest BCUT2D eigenvalue weighted by atomic mass is 10.1. The Hall–Kier alpha value is 0.140. The van der Waals surface area contributed by atoms with Crippen LogP contribution < -0.4 is 0 Å². The van der Waals surface area contributed by atoms with Crippen LogP contribution in [0.2, 0.25) is 0 Å². The second kappa shape index (κ2) is 3.71. The summed E-state index contributed by atoms with van der Waals surface area (Å²) in [6.45, 7) is 5.25. The number of thioether (sulfide) groups is 1. The summed E-state index contributed by atoms with van der Waals surface area (Å²) in [6.07, 6.45) is 0. The molecule has 2 nitrogen and oxygen atoms in total. The van der Waals surface area contributed by atoms with Gasteiger partial charge in [-0.05, 0) is 19.3 Å². The summed E-state index contributed by atoms with van der Waals surface area (Å²) in [4.78, 5) is 6.78. The predicted molar refractivity (Wildman–Crippen MR) is 61.9 cm³/mol. The molecule has 13 heavy (non-hydrogen) atoms. The SMILES string of the molecule is CC1(C)CN2C(CCl)=CSC2=N1.Cl. The van der Waals surface area contributed by atoms with Gasteiger partial charge in [0.2, 0.25) is 0 Å². The van der Waals surface area contributed by atoms with Gasteiger partial charge >= 0.3 is 0 Å². The minimum atomic E-state index is 0. The van der Waals surface area contributed by atoms with Gasteiger partial charge in [-0.1, -0.05) is 11.8 Å². The predicted octanol–water partition coefficient (Wildman–Crippen LogP) is 2.69. The first-order valence-corrected chi connectivity index (χ1v) is 5.33. The van der Waals surface area contributed by atoms with Gasteiger partial charge in [0.1, 0.15) is 0 Å². The van der Waals surface area contributed by atoms with Crippen LogP contribution in [0.3, 0.4) is 0 Å². The highest BCUT2D eigenvalue weighted by molar-refractivity contribution is 8.16. The summed E-state index contributed by atoms with van der Waals surface area (Å²) in [7, 11) is 0. The zero-order valence-corrected chi connectivity index (χ0v) is 9.97. The number of aliphatic imine (C=N–C) groups is 1. The highest BCUT2D eigenvalue weighted by Crippen LogP contribution is 2.35. The molecule has 2 heterocycles. The van der Waals surface area contributed by atoms with E-state index < -0.39 is 0 Å². The molecule has 0 spiro atoms. The van der Waals surface area contributed by atoms with Crippen molar-refractivity contribution in [1.29, 1.82) is 0 Å². The Labute approximate surface area is 93.8 Å². The van der Waals surface area contributed by atoms with Crippen LogP contribution in [0.15, 0.2) is 16.1 Å². The van der Waals surface area contributed by atoms with Crippen LogP contribution in [0.1, 0.15) is 13.8 Å². The highest BCUT2D eigenvalue weighted by Gasteiger charge is 2.35. The standard InChI is InChI=1S/C8H11ClN2S.ClH/c1-8(2)5-11-6(3-9)4-12-7(11)10-8;/h4H,3,5H2,1-2H3;1H. The number of rotatable bonds is 1. The van der Waals surface area contributed by atoms with Crippen molar-refractivity contribution in [2.45, 2.75) is 19.4 Å². The fourth-order valence-electron chi connectivity index (χ4n) is 1.41. The topological polar surface area (TPSA) is 15.6 Å². The minimum absolute atomic E-state index is 0. The minimum Gasteiger partial charge on any atom is -0.321 e. The molecular weight excluding hydrogens is 227 g/mol. The van der Waals surface area contributed by atoms with Crippen molar-refractivity contribution >= 4 is 40.9 Å². The lowest BCUT2D eigenvalue weighted by Gasteiger charge is -2.19. The van der Waals surface area contributed by atoms with E-state index in [1.165, 1.54) is 5.70 Å². The Kier molecular flexibility index (Phi) is 3.20. The van der Waals surface area contributed by atoms with Crippen molar-refractivity contribution in [1.82, 2.24) is 4.90 Å². The molecule has 0 aromatic rings. The van der Waals surface area contributed by atoms with E-state index in [9.17, 15) is 0 Å². The van der Waals surface area contributed by atoms with Crippen molar-refractivity contribution in [2.24, 2.45) is 4.99 Å². The summed E-state index contributed by atoms with van der Waals surface area (Å²) >= 11 is 7.47. The first kappa shape index (κ1) is 11.2. The number of alkyl halides is 1. The van der Waals surface area contributed by atoms with Crippen molar-refractivity contribution in [3.05, 3.63) is 11.1 Å². The molecular formula is C8H12Cl2N2S. The first-order chi connectivity index (χ1) is 5.62. The highest BCUT2D eigenvalue weighted by atomic mass is 35.5. The Bertz CT molecular complexity index is 273. The molecule has 0 aromatic carbocycles. The lowest BCUT2D eigenvalue weighted by Crippen LogP contribution is -2.29. The molecule has 0 bridgehead atoms. The molecule has 0 N–H and O–H groups in total. The molecule has 2 aliphatic heterocycles. The van der Waals surface area contributed by atoms with Crippen molar-refractivity contribution in [3.63, 3.8) is 0 Å². The zero-order chi connectivity index (χ0) is 8.77. The average molecular weight is 239 g/mol. The fraction of sp³-hybridized carbons (Fsp3) is 0.625. The van der Waals surface area contributed by atoms with Crippen LogP contribution >= 0.6 is 35.8 Å². The number of halogens is 2. The zero-order valence-electron chi connectivity index (χ0n) is 7.58. The van der Waals surface area contributed by atoms with Crippen LogP contribution in [0, 0.1) is 0 Å². The third-order valence-electron chi connectivity index (χ3n) is 1.96. The molecule has 0 aliphatic carbocycles. The number of nitrogens with zero attached hydrogens (tertiary/aromatic N) is 2. The number of hydrogen-bond donors (Lipinski definition) is 0. The van der Waals surface area contributed by atoms with Gasteiger partial charge in [-0.3, -0.25) is 4.99 Å². The van der Waals surface area contributed by atoms with Crippen LogP contribution in [0.4, 0.5) is 0 Å². The molecule has 0 saturated carbocycles. The smallest absolute Gasteiger partial charge is 0.168 e. The van der Waals surface area contributed by atoms with Crippen LogP contribution in [-0.4, -0.2) is 28.0 Å². The van der Waals surface area contributed by atoms with Crippen molar-refractivity contribution in [2.75, 3.05) is 12.4 Å². The van der Waals surface area contributed by atoms with Gasteiger partial charge in [0, 0.05) is 12.2 Å². The normalized spacial score (nSPS) is 23.5. The van der Waals surface area contributed by atoms with Crippen molar-refractivity contribution in [3.8, 4) is 0 Å². The summed E-state index contributed by atoms with van der Waals surface area (Å²) in [6, 6.07) is 0. The summed E-state index contributed by atoms with van der Waals surface area (Å²) < 4.78 is 0. The molecule has 0 unspecified atom stereocenters. The Morgan fingerprint density at radius 2 is 2.38 bits per heavy atom. The van der Waals surface area contributed by atoms with Crippen LogP contribution in [0.25, 0.3) is 0 Å². The first-order valence-electron chi connectivity index (χ1n) is 3.91. The number of allylic oxidation sites excluding steroid dienone is 1. The van der Waals surface area contributed by atoms with E-state index >= 15 is 0 Å². The lowest BCUT2D eigenvalue weighted by molar-refractivity contribution is 0.436. The van der Waals surface area contributed by atoms with E-state index in [2.05, 4.69) is 29.1 Å². The molecule has 74 valence electrons. The van der Waals surface area contributed by atoms with Crippen LogP contribution in [0.5, 0.6) is 0 Å². The third kappa shape index (κ3) is 1.97. The third-order valence-corrected chi connectivity index (χ3v) is 3.14. The number of amidine groups is 1. The second-order valence-corrected chi connectivity index (χ2v) is 4.76. The average Bonchev–Trinajstić information content (AvgIpc) is 2.42. The molecule has 0 atom stereocenters. The van der Waals surface area contributed by atoms with Gasteiger partial charge in [-0.2, -0.15) is 0 Å². The maximum Gasteiger partial charge on any atom is 0.168 e. The van der Waals surface area contributed by atoms with Gasteiger partial charge in [-0.25, -0.2) is 0 Å². The molecule has 0 amide bonds. The van der Waals surface area contributed by atoms with Gasteiger partial charge in [0.05, 0.1) is 11.4 Å². The Morgan fingerprint density at radius 1 is 1.69 bits per heavy atom. The van der Waals surface area contributed by atoms with Gasteiger partial charge in [0.25, 0.3) is 0 Å². The van der Waals surface area contributed by atoms with Crippen LogP contribution in [-0.2, 0) is 0 Å². The number of fused-ring (bicyclic) bond motifs is 1. The molecule has 0 fully saturated rings. The van der Waals surface area contributed by atoms with Crippen molar-refractivity contribution < 1.29 is 0 Å². The van der Waals surface area contributed by atoms with E-state index in [4.69, 9.17) is 11.6 Å². The summed E-state index contributed by atoms with van der Waals surface area (Å²) in [5.74, 6) is 0.585. The van der Waals surface area contributed by atoms with Gasteiger partial charge in [-0.15, -0.1) is 24.0 Å². The van der Waals surface area contributed by atoms with E-state index in [-0.39, 0.29) is 17.9 Å². The van der Waals surface area contributed by atoms with E-state index in [0.717, 1.165) is 11.7 Å². The Balaban J connectivity index is 0.000000845. The van der Waals surface area contributed by atoms with E-state index in [1.54, 1.807) is 11.8 Å². The van der Waals surface area contributed by atoms with E-state index in [1.807, 2.05) is 0 Å². The van der Waals surface area contributed by atoms with Gasteiger partial charge in [0.15, 0.2) is 5.17 Å². The molecule has 0 saturated heterocycles. The van der Waals surface area contributed by atoms with E-state index in [0.29, 0.717) is 5.88 Å². The Morgan fingerprint density at radius 3 is 3.00 bits per heavy atom. The molecule has 2 rings (SSSR count). The van der Waals surface area contributed by atoms with Gasteiger partial charge < -0.3 is 4.90 Å². The fourth-order valence-corrected chi connectivity index (χ4v) is 2.79.